The van der Waals surface area contributed by atoms with Crippen molar-refractivity contribution in [2.75, 3.05) is 0 Å². The molecule has 3 heterocycles. The minimum Gasteiger partial charge on any atom is -0.309 e. The third-order valence-electron chi connectivity index (χ3n) is 11.4. The summed E-state index contributed by atoms with van der Waals surface area (Å²) in [6.07, 6.45) is 0. The van der Waals surface area contributed by atoms with Crippen molar-refractivity contribution < 1.29 is 0 Å². The fourth-order valence-corrected chi connectivity index (χ4v) is 8.84. The maximum absolute atomic E-state index is 5.14. The summed E-state index contributed by atoms with van der Waals surface area (Å²) in [4.78, 5) is 15.2. The van der Waals surface area contributed by atoms with E-state index in [2.05, 4.69) is 137 Å². The molecule has 260 valence electrons. The Bertz CT molecular complexity index is 3470. The van der Waals surface area contributed by atoms with Crippen LogP contribution in [-0.4, -0.2) is 24.1 Å². The van der Waals surface area contributed by atoms with Crippen LogP contribution >= 0.6 is 0 Å². The van der Waals surface area contributed by atoms with E-state index in [0.29, 0.717) is 17.6 Å². The predicted molar refractivity (Wildman–Crippen MR) is 232 cm³/mol. The highest BCUT2D eigenvalue weighted by Gasteiger charge is 2.21. The van der Waals surface area contributed by atoms with Gasteiger partial charge >= 0.3 is 0 Å². The van der Waals surface area contributed by atoms with E-state index in [1.54, 1.807) is 0 Å². The number of nitrogens with zero attached hydrogens (tertiary/aromatic N) is 5. The van der Waals surface area contributed by atoms with Crippen LogP contribution in [0, 0.1) is 0 Å². The van der Waals surface area contributed by atoms with Crippen LogP contribution in [0.25, 0.3) is 110 Å². The number of hydrogen-bond donors (Lipinski definition) is 0. The molecule has 5 nitrogen and oxygen atoms in total. The molecule has 0 aliphatic carbocycles. The molecule has 0 N–H and O–H groups in total. The summed E-state index contributed by atoms with van der Waals surface area (Å²) in [5.74, 6) is 1.85. The molecule has 0 aliphatic heterocycles. The highest BCUT2D eigenvalue weighted by molar-refractivity contribution is 6.25. The normalized spacial score (nSPS) is 11.9. The average Bonchev–Trinajstić information content (AvgIpc) is 3.79. The molecule has 56 heavy (non-hydrogen) atoms. The molecule has 0 saturated carbocycles. The van der Waals surface area contributed by atoms with Gasteiger partial charge in [0.25, 0.3) is 0 Å². The molecule has 0 spiro atoms. The van der Waals surface area contributed by atoms with E-state index < -0.39 is 0 Å². The van der Waals surface area contributed by atoms with E-state index in [4.69, 9.17) is 15.0 Å². The molecular weight excluding hydrogens is 683 g/mol. The average molecular weight is 714 g/mol. The van der Waals surface area contributed by atoms with E-state index in [1.807, 2.05) is 60.7 Å². The van der Waals surface area contributed by atoms with Gasteiger partial charge in [-0.2, -0.15) is 9.97 Å². The van der Waals surface area contributed by atoms with Crippen molar-refractivity contribution in [1.82, 2.24) is 24.1 Å². The fraction of sp³-hybridized carbons (Fsp3) is 0. The molecule has 0 unspecified atom stereocenters. The topological polar surface area (TPSA) is 48.5 Å². The molecule has 0 atom stereocenters. The van der Waals surface area contributed by atoms with E-state index in [1.165, 1.54) is 54.1 Å². The first-order chi connectivity index (χ1) is 27.8. The van der Waals surface area contributed by atoms with Gasteiger partial charge in [-0.25, -0.2) is 4.98 Å². The number of rotatable bonds is 4. The molecule has 12 rings (SSSR count). The van der Waals surface area contributed by atoms with Gasteiger partial charge in [0.2, 0.25) is 5.95 Å². The lowest BCUT2D eigenvalue weighted by Gasteiger charge is -2.13. The molecular formula is C51H31N5. The smallest absolute Gasteiger partial charge is 0.238 e. The minimum atomic E-state index is 0.582. The Hall–Kier alpha value is -7.63. The van der Waals surface area contributed by atoms with Crippen LogP contribution in [-0.2, 0) is 0 Å². The number of hydrogen-bond acceptors (Lipinski definition) is 3. The van der Waals surface area contributed by atoms with Gasteiger partial charge in [-0.15, -0.1) is 0 Å². The van der Waals surface area contributed by atoms with Gasteiger partial charge < -0.3 is 4.57 Å². The van der Waals surface area contributed by atoms with E-state index >= 15 is 0 Å². The van der Waals surface area contributed by atoms with Crippen LogP contribution < -0.4 is 0 Å². The molecule has 0 amide bonds. The van der Waals surface area contributed by atoms with Gasteiger partial charge in [0.05, 0.1) is 22.1 Å². The molecule has 0 bridgehead atoms. The highest BCUT2D eigenvalue weighted by atomic mass is 15.2. The summed E-state index contributed by atoms with van der Waals surface area (Å²) in [5, 5.41) is 12.3. The molecule has 5 heteroatoms. The quantitative estimate of drug-likeness (QED) is 0.171. The molecule has 3 aromatic heterocycles. The fourth-order valence-electron chi connectivity index (χ4n) is 8.84. The maximum Gasteiger partial charge on any atom is 0.238 e. The van der Waals surface area contributed by atoms with Crippen LogP contribution in [0.3, 0.4) is 0 Å². The standard InChI is InChI=1S/C51H31N5/c1-3-14-33(15-4-1)49-52-50(34-16-5-2-6-17-34)54-51(53-49)56-46-22-12-10-20-41(46)44-31-35(24-30-47(44)56)55-45-21-11-9-19-40(45)43-29-27-39-38-25-23-32-13-7-8-18-36(32)37(38)26-28-42(39)48(43)55/h1-31H. The largest absolute Gasteiger partial charge is 0.309 e. The van der Waals surface area contributed by atoms with Crippen LogP contribution in [0.1, 0.15) is 0 Å². The Morgan fingerprint density at radius 2 is 0.786 bits per heavy atom. The molecule has 0 saturated heterocycles. The maximum atomic E-state index is 5.14. The zero-order chi connectivity index (χ0) is 36.7. The first kappa shape index (κ1) is 30.8. The lowest BCUT2D eigenvalue weighted by atomic mass is 9.96. The Morgan fingerprint density at radius 3 is 1.48 bits per heavy atom. The van der Waals surface area contributed by atoms with Crippen molar-refractivity contribution in [3.8, 4) is 34.4 Å². The summed E-state index contributed by atoms with van der Waals surface area (Å²) in [6.45, 7) is 0. The Morgan fingerprint density at radius 1 is 0.304 bits per heavy atom. The third-order valence-corrected chi connectivity index (χ3v) is 11.4. The third kappa shape index (κ3) is 4.52. The highest BCUT2D eigenvalue weighted by Crippen LogP contribution is 2.41. The van der Waals surface area contributed by atoms with Gasteiger partial charge in [-0.1, -0.05) is 158 Å². The predicted octanol–water partition coefficient (Wildman–Crippen LogP) is 12.9. The van der Waals surface area contributed by atoms with Crippen molar-refractivity contribution in [2.45, 2.75) is 0 Å². The first-order valence-electron chi connectivity index (χ1n) is 19.0. The summed E-state index contributed by atoms with van der Waals surface area (Å²) in [6, 6.07) is 66.9. The molecule has 0 radical (unpaired) electrons. The van der Waals surface area contributed by atoms with Crippen LogP contribution in [0.4, 0.5) is 0 Å². The molecule has 0 aliphatic rings. The van der Waals surface area contributed by atoms with Gasteiger partial charge in [0.15, 0.2) is 11.6 Å². The SMILES string of the molecule is c1ccc(-c2nc(-c3ccccc3)nc(-n3c4ccccc4c4cc(-n5c6ccccc6c6ccc7c8ccc9ccccc9c8ccc7c65)ccc43)n2)cc1. The lowest BCUT2D eigenvalue weighted by molar-refractivity contribution is 0.953. The molecule has 9 aromatic carbocycles. The lowest BCUT2D eigenvalue weighted by Crippen LogP contribution is -2.06. The van der Waals surface area contributed by atoms with Crippen molar-refractivity contribution in [1.29, 1.82) is 0 Å². The first-order valence-corrected chi connectivity index (χ1v) is 19.0. The summed E-state index contributed by atoms with van der Waals surface area (Å²) in [7, 11) is 0. The summed E-state index contributed by atoms with van der Waals surface area (Å²) < 4.78 is 4.64. The second kappa shape index (κ2) is 11.9. The van der Waals surface area contributed by atoms with Crippen molar-refractivity contribution in [3.05, 3.63) is 188 Å². The Kier molecular flexibility index (Phi) is 6.56. The van der Waals surface area contributed by atoms with E-state index in [-0.39, 0.29) is 0 Å². The second-order valence-electron chi connectivity index (χ2n) is 14.4. The van der Waals surface area contributed by atoms with Gasteiger partial charge in [-0.05, 0) is 57.3 Å². The molecule has 12 aromatic rings. The van der Waals surface area contributed by atoms with Crippen molar-refractivity contribution in [2.24, 2.45) is 0 Å². The van der Waals surface area contributed by atoms with E-state index in [9.17, 15) is 0 Å². The van der Waals surface area contributed by atoms with Crippen molar-refractivity contribution >= 4 is 75.9 Å². The van der Waals surface area contributed by atoms with Crippen LogP contribution in [0.5, 0.6) is 0 Å². The summed E-state index contributed by atoms with van der Waals surface area (Å²) in [5.41, 5.74) is 7.43. The van der Waals surface area contributed by atoms with Gasteiger partial charge in [0.1, 0.15) is 0 Å². The molecule has 0 fully saturated rings. The van der Waals surface area contributed by atoms with Crippen molar-refractivity contribution in [3.63, 3.8) is 0 Å². The second-order valence-corrected chi connectivity index (χ2v) is 14.4. The van der Waals surface area contributed by atoms with Gasteiger partial charge in [-0.3, -0.25) is 4.57 Å². The summed E-state index contributed by atoms with van der Waals surface area (Å²) >= 11 is 0. The Labute approximate surface area is 321 Å². The number of para-hydroxylation sites is 2. The minimum absolute atomic E-state index is 0.582. The number of fused-ring (bicyclic) bond motifs is 12. The zero-order valence-corrected chi connectivity index (χ0v) is 30.1. The van der Waals surface area contributed by atoms with E-state index in [0.717, 1.165) is 38.6 Å². The Balaban J connectivity index is 1.13. The number of aromatic nitrogens is 5. The number of benzene rings is 9. The monoisotopic (exact) mass is 713 g/mol. The van der Waals surface area contributed by atoms with Crippen LogP contribution in [0.15, 0.2) is 188 Å². The zero-order valence-electron chi connectivity index (χ0n) is 30.1. The van der Waals surface area contributed by atoms with Crippen LogP contribution in [0.2, 0.25) is 0 Å². The van der Waals surface area contributed by atoms with Gasteiger partial charge in [0, 0.05) is 43.7 Å².